The van der Waals surface area contributed by atoms with E-state index in [1.54, 1.807) is 24.8 Å². The molecule has 10 nitrogen and oxygen atoms in total. The van der Waals surface area contributed by atoms with Gasteiger partial charge in [0.15, 0.2) is 0 Å². The zero-order valence-electron chi connectivity index (χ0n) is 32.8. The fraction of sp³-hybridized carbons (Fsp3) is 0. The van der Waals surface area contributed by atoms with E-state index in [9.17, 15) is 0 Å². The Kier molecular flexibility index (Phi) is 7.37. The van der Waals surface area contributed by atoms with Crippen LogP contribution in [0.15, 0.2) is 183 Å². The van der Waals surface area contributed by atoms with Crippen molar-refractivity contribution in [3.63, 3.8) is 0 Å². The maximum absolute atomic E-state index is 5.16. The number of para-hydroxylation sites is 4. The Bertz CT molecular complexity index is 3450. The summed E-state index contributed by atoms with van der Waals surface area (Å²) >= 11 is 0. The number of benzene rings is 6. The van der Waals surface area contributed by atoms with E-state index in [0.29, 0.717) is 0 Å². The molecule has 0 amide bonds. The SMILES string of the molecule is c1ccc(-c2cnc3c(c2)c2nccnc2c2cc(N4c5ccccc5N(c5cnc6c(c5)c5nccnc5c5cc(-c7ccccc7)cnc56)c5ccccc54)cnc23)cc1. The molecule has 0 bridgehead atoms. The van der Waals surface area contributed by atoms with Gasteiger partial charge in [0.2, 0.25) is 0 Å². The van der Waals surface area contributed by atoms with Gasteiger partial charge < -0.3 is 9.80 Å². The normalized spacial score (nSPS) is 12.5. The molecule has 6 aromatic carbocycles. The van der Waals surface area contributed by atoms with E-state index in [-0.39, 0.29) is 0 Å². The van der Waals surface area contributed by atoms with Gasteiger partial charge in [0.05, 0.1) is 90.7 Å². The first-order valence-corrected chi connectivity index (χ1v) is 20.3. The fourth-order valence-corrected chi connectivity index (χ4v) is 9.10. The monoisotopic (exact) mass is 794 g/mol. The standard InChI is InChI=1S/C52H30N10/c1-3-11-31(12-4-1)33-23-37-45-47(55-21-19-53-45)39-25-35(29-59-51(39)49(37)57-27-33)61-41-15-7-9-17-43(41)62(44-18-10-8-16-42(44)61)36-26-40-48-46(54-20-22-56-48)38-24-34(32-13-5-2-6-14-32)28-58-50(38)52(40)60-30-36/h1-30H. The molecule has 13 rings (SSSR count). The lowest BCUT2D eigenvalue weighted by Crippen LogP contribution is -2.24. The van der Waals surface area contributed by atoms with Crippen LogP contribution in [0.1, 0.15) is 0 Å². The lowest BCUT2D eigenvalue weighted by atomic mass is 10.0. The summed E-state index contributed by atoms with van der Waals surface area (Å²) in [4.78, 5) is 44.3. The highest BCUT2D eigenvalue weighted by Crippen LogP contribution is 2.54. The van der Waals surface area contributed by atoms with Crippen molar-refractivity contribution in [2.24, 2.45) is 0 Å². The second kappa shape index (κ2) is 13.4. The molecule has 288 valence electrons. The maximum Gasteiger partial charge on any atom is 0.0989 e. The summed E-state index contributed by atoms with van der Waals surface area (Å²) in [6.07, 6.45) is 14.7. The second-order valence-electron chi connectivity index (χ2n) is 15.3. The number of anilines is 6. The number of hydrogen-bond acceptors (Lipinski definition) is 10. The Morgan fingerprint density at radius 2 is 0.548 bits per heavy atom. The van der Waals surface area contributed by atoms with E-state index in [1.807, 2.05) is 61.2 Å². The molecule has 0 atom stereocenters. The van der Waals surface area contributed by atoms with Crippen LogP contribution in [0.2, 0.25) is 0 Å². The van der Waals surface area contributed by atoms with Gasteiger partial charge in [-0.1, -0.05) is 84.9 Å². The Balaban J connectivity index is 0.979. The van der Waals surface area contributed by atoms with Gasteiger partial charge in [-0.05, 0) is 59.7 Å². The highest BCUT2D eigenvalue weighted by Gasteiger charge is 2.31. The Labute approximate surface area is 353 Å². The second-order valence-corrected chi connectivity index (χ2v) is 15.3. The molecule has 0 radical (unpaired) electrons. The highest BCUT2D eigenvalue weighted by atomic mass is 15.3. The average Bonchev–Trinajstić information content (AvgIpc) is 3.35. The molecular formula is C52H30N10. The minimum absolute atomic E-state index is 0.771. The molecule has 7 heterocycles. The summed E-state index contributed by atoms with van der Waals surface area (Å²) in [7, 11) is 0. The van der Waals surface area contributed by atoms with Gasteiger partial charge in [-0.2, -0.15) is 0 Å². The molecule has 12 aromatic rings. The molecule has 10 heteroatoms. The first kappa shape index (κ1) is 34.1. The van der Waals surface area contributed by atoms with E-state index in [4.69, 9.17) is 39.9 Å². The first-order valence-electron chi connectivity index (χ1n) is 20.3. The number of nitrogens with zero attached hydrogens (tertiary/aromatic N) is 10. The van der Waals surface area contributed by atoms with Crippen LogP contribution in [0, 0.1) is 0 Å². The van der Waals surface area contributed by atoms with E-state index < -0.39 is 0 Å². The number of pyridine rings is 4. The van der Waals surface area contributed by atoms with Crippen LogP contribution in [0.25, 0.3) is 87.9 Å². The summed E-state index contributed by atoms with van der Waals surface area (Å²) in [5.74, 6) is 0. The van der Waals surface area contributed by atoms with E-state index in [2.05, 4.69) is 107 Å². The maximum atomic E-state index is 5.16. The lowest BCUT2D eigenvalue weighted by molar-refractivity contribution is 1.16. The summed E-state index contributed by atoms with van der Waals surface area (Å²) in [5.41, 5.74) is 16.1. The number of rotatable bonds is 4. The molecule has 0 spiro atoms. The summed E-state index contributed by atoms with van der Waals surface area (Å²) in [6.45, 7) is 0. The summed E-state index contributed by atoms with van der Waals surface area (Å²) in [6, 6.07) is 46.0. The van der Waals surface area contributed by atoms with Crippen LogP contribution in [0.4, 0.5) is 34.1 Å². The number of hydrogen-bond donors (Lipinski definition) is 0. The smallest absolute Gasteiger partial charge is 0.0989 e. The quantitative estimate of drug-likeness (QED) is 0.160. The van der Waals surface area contributed by atoms with Crippen molar-refractivity contribution in [3.8, 4) is 22.3 Å². The van der Waals surface area contributed by atoms with Crippen LogP contribution in [-0.2, 0) is 0 Å². The molecule has 0 fully saturated rings. The van der Waals surface area contributed by atoms with Gasteiger partial charge in [0, 0.05) is 69.9 Å². The summed E-state index contributed by atoms with van der Waals surface area (Å²) < 4.78 is 0. The Morgan fingerprint density at radius 3 is 0.903 bits per heavy atom. The molecule has 0 unspecified atom stereocenters. The first-order chi connectivity index (χ1) is 30.8. The Hall–Kier alpha value is -8.76. The third-order valence-electron chi connectivity index (χ3n) is 11.8. The van der Waals surface area contributed by atoms with Crippen molar-refractivity contribution in [1.82, 2.24) is 39.9 Å². The molecule has 6 aromatic heterocycles. The molecule has 62 heavy (non-hydrogen) atoms. The number of fused-ring (bicyclic) bond motifs is 14. The van der Waals surface area contributed by atoms with Gasteiger partial charge in [-0.25, -0.2) is 0 Å². The van der Waals surface area contributed by atoms with Crippen LogP contribution in [0.3, 0.4) is 0 Å². The van der Waals surface area contributed by atoms with Crippen molar-refractivity contribution in [1.29, 1.82) is 0 Å². The minimum atomic E-state index is 0.771. The van der Waals surface area contributed by atoms with E-state index in [1.165, 1.54) is 0 Å². The van der Waals surface area contributed by atoms with Gasteiger partial charge in [0.1, 0.15) is 0 Å². The van der Waals surface area contributed by atoms with Gasteiger partial charge in [-0.3, -0.25) is 39.9 Å². The highest BCUT2D eigenvalue weighted by molar-refractivity contribution is 6.23. The fourth-order valence-electron chi connectivity index (χ4n) is 9.10. The van der Waals surface area contributed by atoms with Gasteiger partial charge >= 0.3 is 0 Å². The van der Waals surface area contributed by atoms with E-state index in [0.717, 1.165) is 122 Å². The predicted octanol–water partition coefficient (Wildman–Crippen LogP) is 12.4. The third-order valence-corrected chi connectivity index (χ3v) is 11.8. The number of aromatic nitrogens is 8. The zero-order valence-corrected chi connectivity index (χ0v) is 32.8. The van der Waals surface area contributed by atoms with E-state index >= 15 is 0 Å². The van der Waals surface area contributed by atoms with Crippen LogP contribution < -0.4 is 9.80 Å². The van der Waals surface area contributed by atoms with Crippen LogP contribution >= 0.6 is 0 Å². The van der Waals surface area contributed by atoms with Gasteiger partial charge in [0.25, 0.3) is 0 Å². The molecule has 0 aliphatic carbocycles. The Morgan fingerprint density at radius 1 is 0.258 bits per heavy atom. The molecule has 1 aliphatic heterocycles. The average molecular weight is 795 g/mol. The molecule has 0 saturated heterocycles. The molecular weight excluding hydrogens is 765 g/mol. The van der Waals surface area contributed by atoms with Crippen molar-refractivity contribution in [2.45, 2.75) is 0 Å². The lowest BCUT2D eigenvalue weighted by Gasteiger charge is -2.40. The van der Waals surface area contributed by atoms with Crippen molar-refractivity contribution in [2.75, 3.05) is 9.80 Å². The van der Waals surface area contributed by atoms with Crippen molar-refractivity contribution < 1.29 is 0 Å². The molecule has 0 N–H and O–H groups in total. The van der Waals surface area contributed by atoms with Crippen LogP contribution in [-0.4, -0.2) is 39.9 Å². The van der Waals surface area contributed by atoms with Crippen molar-refractivity contribution in [3.05, 3.63) is 183 Å². The summed E-state index contributed by atoms with van der Waals surface area (Å²) in [5, 5.41) is 3.57. The molecule has 1 aliphatic rings. The topological polar surface area (TPSA) is 110 Å². The van der Waals surface area contributed by atoms with Crippen molar-refractivity contribution >= 4 is 99.8 Å². The minimum Gasteiger partial charge on any atom is -0.305 e. The third kappa shape index (κ3) is 5.10. The predicted molar refractivity (Wildman–Crippen MR) is 248 cm³/mol. The van der Waals surface area contributed by atoms with Gasteiger partial charge in [-0.15, -0.1) is 0 Å². The largest absolute Gasteiger partial charge is 0.305 e. The zero-order chi connectivity index (χ0) is 40.7. The molecule has 0 saturated carbocycles. The van der Waals surface area contributed by atoms with Crippen LogP contribution in [0.5, 0.6) is 0 Å².